The molecule has 0 bridgehead atoms. The standard InChI is InChI=1S/C12H24N2O/c1-10(2)9-14(12(15)7-8-13)11-5-3-4-6-11/h10-11H,3-9,13H2,1-2H3. The van der Waals surface area contributed by atoms with Crippen LogP contribution in [0.1, 0.15) is 46.0 Å². The van der Waals surface area contributed by atoms with Gasteiger partial charge in [-0.2, -0.15) is 0 Å². The number of rotatable bonds is 5. The minimum Gasteiger partial charge on any atom is -0.339 e. The Morgan fingerprint density at radius 1 is 1.40 bits per heavy atom. The second kappa shape index (κ2) is 6.11. The van der Waals surface area contributed by atoms with E-state index in [0.717, 1.165) is 6.54 Å². The molecule has 0 spiro atoms. The number of nitrogens with zero attached hydrogens (tertiary/aromatic N) is 1. The second-order valence-corrected chi connectivity index (χ2v) is 4.92. The Bertz CT molecular complexity index is 198. The third-order valence-electron chi connectivity index (χ3n) is 3.01. The zero-order chi connectivity index (χ0) is 11.3. The molecule has 0 atom stereocenters. The molecular weight excluding hydrogens is 188 g/mol. The quantitative estimate of drug-likeness (QED) is 0.755. The Morgan fingerprint density at radius 3 is 2.47 bits per heavy atom. The molecule has 15 heavy (non-hydrogen) atoms. The molecule has 88 valence electrons. The zero-order valence-corrected chi connectivity index (χ0v) is 10.0. The lowest BCUT2D eigenvalue weighted by Crippen LogP contribution is -2.41. The van der Waals surface area contributed by atoms with Gasteiger partial charge in [-0.05, 0) is 18.8 Å². The summed E-state index contributed by atoms with van der Waals surface area (Å²) in [7, 11) is 0. The van der Waals surface area contributed by atoms with E-state index >= 15 is 0 Å². The van der Waals surface area contributed by atoms with Crippen molar-refractivity contribution in [3.8, 4) is 0 Å². The monoisotopic (exact) mass is 212 g/mol. The molecule has 0 aliphatic heterocycles. The summed E-state index contributed by atoms with van der Waals surface area (Å²) in [6.07, 6.45) is 5.42. The van der Waals surface area contributed by atoms with Gasteiger partial charge in [0.2, 0.25) is 5.91 Å². The summed E-state index contributed by atoms with van der Waals surface area (Å²) in [4.78, 5) is 14.0. The average Bonchev–Trinajstić information content (AvgIpc) is 2.66. The smallest absolute Gasteiger partial charge is 0.224 e. The molecule has 1 aliphatic carbocycles. The lowest BCUT2D eigenvalue weighted by molar-refractivity contribution is -0.133. The number of amides is 1. The SMILES string of the molecule is CC(C)CN(C(=O)CCN)C1CCCC1. The van der Waals surface area contributed by atoms with Crippen molar-refractivity contribution >= 4 is 5.91 Å². The molecule has 1 saturated carbocycles. The first-order valence-corrected chi connectivity index (χ1v) is 6.14. The predicted octanol–water partition coefficient (Wildman–Crippen LogP) is 1.76. The summed E-state index contributed by atoms with van der Waals surface area (Å²) in [6.45, 7) is 5.69. The van der Waals surface area contributed by atoms with E-state index in [9.17, 15) is 4.79 Å². The van der Waals surface area contributed by atoms with Crippen molar-refractivity contribution in [3.05, 3.63) is 0 Å². The first-order chi connectivity index (χ1) is 7.15. The van der Waals surface area contributed by atoms with Gasteiger partial charge in [0.15, 0.2) is 0 Å². The van der Waals surface area contributed by atoms with Crippen molar-refractivity contribution < 1.29 is 4.79 Å². The third-order valence-corrected chi connectivity index (χ3v) is 3.01. The minimum absolute atomic E-state index is 0.248. The van der Waals surface area contributed by atoms with Crippen LogP contribution < -0.4 is 5.73 Å². The van der Waals surface area contributed by atoms with E-state index in [1.807, 2.05) is 0 Å². The molecular formula is C12H24N2O. The minimum atomic E-state index is 0.248. The molecule has 0 radical (unpaired) electrons. The Kier molecular flexibility index (Phi) is 5.09. The number of hydrogen-bond donors (Lipinski definition) is 1. The van der Waals surface area contributed by atoms with Gasteiger partial charge in [-0.25, -0.2) is 0 Å². The Labute approximate surface area is 93.0 Å². The lowest BCUT2D eigenvalue weighted by atomic mass is 10.1. The van der Waals surface area contributed by atoms with Crippen molar-refractivity contribution in [1.82, 2.24) is 4.90 Å². The van der Waals surface area contributed by atoms with Crippen molar-refractivity contribution in [3.63, 3.8) is 0 Å². The molecule has 0 saturated heterocycles. The Hall–Kier alpha value is -0.570. The normalized spacial score (nSPS) is 17.3. The summed E-state index contributed by atoms with van der Waals surface area (Å²) >= 11 is 0. The van der Waals surface area contributed by atoms with E-state index in [4.69, 9.17) is 5.73 Å². The van der Waals surface area contributed by atoms with E-state index in [2.05, 4.69) is 18.7 Å². The highest BCUT2D eigenvalue weighted by atomic mass is 16.2. The molecule has 0 unspecified atom stereocenters. The van der Waals surface area contributed by atoms with Crippen LogP contribution in [0, 0.1) is 5.92 Å². The van der Waals surface area contributed by atoms with E-state index in [0.29, 0.717) is 24.9 Å². The summed E-state index contributed by atoms with van der Waals surface area (Å²) in [5, 5.41) is 0. The van der Waals surface area contributed by atoms with Gasteiger partial charge >= 0.3 is 0 Å². The molecule has 0 aromatic rings. The van der Waals surface area contributed by atoms with Gasteiger partial charge < -0.3 is 10.6 Å². The summed E-state index contributed by atoms with van der Waals surface area (Å²) in [5.41, 5.74) is 5.45. The van der Waals surface area contributed by atoms with Crippen molar-refractivity contribution in [2.45, 2.75) is 52.0 Å². The van der Waals surface area contributed by atoms with Crippen molar-refractivity contribution in [2.24, 2.45) is 11.7 Å². The highest BCUT2D eigenvalue weighted by molar-refractivity contribution is 5.76. The van der Waals surface area contributed by atoms with Gasteiger partial charge in [0.1, 0.15) is 0 Å². The van der Waals surface area contributed by atoms with E-state index in [1.54, 1.807) is 0 Å². The van der Waals surface area contributed by atoms with Gasteiger partial charge in [-0.3, -0.25) is 4.79 Å². The molecule has 1 rings (SSSR count). The molecule has 0 aromatic carbocycles. The van der Waals surface area contributed by atoms with Crippen LogP contribution in [0.15, 0.2) is 0 Å². The Balaban J connectivity index is 2.54. The van der Waals surface area contributed by atoms with E-state index in [1.165, 1.54) is 25.7 Å². The molecule has 3 nitrogen and oxygen atoms in total. The maximum Gasteiger partial charge on any atom is 0.224 e. The lowest BCUT2D eigenvalue weighted by Gasteiger charge is -2.30. The maximum absolute atomic E-state index is 11.9. The van der Waals surface area contributed by atoms with Crippen molar-refractivity contribution in [2.75, 3.05) is 13.1 Å². The van der Waals surface area contributed by atoms with E-state index in [-0.39, 0.29) is 5.91 Å². The average molecular weight is 212 g/mol. The Morgan fingerprint density at radius 2 is 2.00 bits per heavy atom. The highest BCUT2D eigenvalue weighted by Gasteiger charge is 2.26. The van der Waals surface area contributed by atoms with Crippen LogP contribution in [-0.4, -0.2) is 29.9 Å². The first kappa shape index (κ1) is 12.5. The fraction of sp³-hybridized carbons (Fsp3) is 0.917. The van der Waals surface area contributed by atoms with Crippen molar-refractivity contribution in [1.29, 1.82) is 0 Å². The number of carbonyl (C=O) groups excluding carboxylic acids is 1. The fourth-order valence-electron chi connectivity index (χ4n) is 2.33. The maximum atomic E-state index is 11.9. The largest absolute Gasteiger partial charge is 0.339 e. The predicted molar refractivity (Wildman–Crippen MR) is 62.5 cm³/mol. The highest BCUT2D eigenvalue weighted by Crippen LogP contribution is 2.24. The van der Waals surface area contributed by atoms with Gasteiger partial charge in [0, 0.05) is 25.6 Å². The fourth-order valence-corrected chi connectivity index (χ4v) is 2.33. The third kappa shape index (κ3) is 3.82. The van der Waals surface area contributed by atoms with Crippen LogP contribution >= 0.6 is 0 Å². The molecule has 3 heteroatoms. The van der Waals surface area contributed by atoms with Gasteiger partial charge in [0.05, 0.1) is 0 Å². The van der Waals surface area contributed by atoms with Gasteiger partial charge in [-0.15, -0.1) is 0 Å². The molecule has 2 N–H and O–H groups in total. The molecule has 0 heterocycles. The summed E-state index contributed by atoms with van der Waals surface area (Å²) in [5.74, 6) is 0.797. The molecule has 1 aliphatic rings. The molecule has 1 fully saturated rings. The van der Waals surface area contributed by atoms with E-state index < -0.39 is 0 Å². The van der Waals surface area contributed by atoms with Crippen LogP contribution in [0.5, 0.6) is 0 Å². The van der Waals surface area contributed by atoms with Gasteiger partial charge in [-0.1, -0.05) is 26.7 Å². The molecule has 1 amide bonds. The second-order valence-electron chi connectivity index (χ2n) is 4.92. The summed E-state index contributed by atoms with van der Waals surface area (Å²) in [6, 6.07) is 0.492. The molecule has 0 aromatic heterocycles. The number of hydrogen-bond acceptors (Lipinski definition) is 2. The zero-order valence-electron chi connectivity index (χ0n) is 10.0. The topological polar surface area (TPSA) is 46.3 Å². The van der Waals surface area contributed by atoms with Gasteiger partial charge in [0.25, 0.3) is 0 Å². The number of nitrogens with two attached hydrogens (primary N) is 1. The van der Waals surface area contributed by atoms with Crippen LogP contribution in [0.3, 0.4) is 0 Å². The van der Waals surface area contributed by atoms with Crippen LogP contribution in [0.25, 0.3) is 0 Å². The number of carbonyl (C=O) groups is 1. The van der Waals surface area contributed by atoms with Crippen LogP contribution in [-0.2, 0) is 4.79 Å². The first-order valence-electron chi connectivity index (χ1n) is 6.14. The van der Waals surface area contributed by atoms with Crippen LogP contribution in [0.4, 0.5) is 0 Å². The van der Waals surface area contributed by atoms with Crippen LogP contribution in [0.2, 0.25) is 0 Å². The summed E-state index contributed by atoms with van der Waals surface area (Å²) < 4.78 is 0.